The number of para-hydroxylation sites is 2. The predicted octanol–water partition coefficient (Wildman–Crippen LogP) is 11.9. The summed E-state index contributed by atoms with van der Waals surface area (Å²) in [5, 5.41) is 2.17. The summed E-state index contributed by atoms with van der Waals surface area (Å²) < 4.78 is 2.27. The van der Waals surface area contributed by atoms with Gasteiger partial charge >= 0.3 is 0 Å². The van der Waals surface area contributed by atoms with Crippen LogP contribution in [0.5, 0.6) is 0 Å². The molecule has 0 amide bonds. The second-order valence-electron chi connectivity index (χ2n) is 12.3. The van der Waals surface area contributed by atoms with E-state index in [0.29, 0.717) is 5.82 Å². The molecule has 0 N–H and O–H groups in total. The number of fused-ring (bicyclic) bond motifs is 3. The van der Waals surface area contributed by atoms with Crippen LogP contribution in [0.4, 0.5) is 0 Å². The zero-order valence-electron chi connectivity index (χ0n) is 26.7. The number of hydrogen-bond acceptors (Lipinski definition) is 2. The fourth-order valence-electron chi connectivity index (χ4n) is 6.85. The topological polar surface area (TPSA) is 30.7 Å². The maximum absolute atomic E-state index is 5.41. The molecule has 0 unspecified atom stereocenters. The maximum atomic E-state index is 5.41. The largest absolute Gasteiger partial charge is 0.294 e. The fraction of sp³-hybridized carbons (Fsp3) is 0. The smallest absolute Gasteiger partial charge is 0.162 e. The third-order valence-corrected chi connectivity index (χ3v) is 9.20. The summed E-state index contributed by atoms with van der Waals surface area (Å²) in [4.78, 5) is 10.8. The molecule has 2 aromatic heterocycles. The number of rotatable bonds is 6. The molecule has 9 aromatic rings. The monoisotopic (exact) mass is 625 g/mol. The SMILES string of the molecule is c1ccc(-c2cccc(-c3cccc(-c4nc(-c5cccc(-c6ccccc6)c5)c5c6ccccc6n(-c6ccccc6)c5n4)c3)c2)cc1. The van der Waals surface area contributed by atoms with Crippen molar-refractivity contribution in [2.24, 2.45) is 0 Å². The van der Waals surface area contributed by atoms with Gasteiger partial charge in [-0.05, 0) is 69.8 Å². The molecule has 0 saturated heterocycles. The zero-order chi connectivity index (χ0) is 32.6. The molecule has 9 rings (SSSR count). The highest BCUT2D eigenvalue weighted by Gasteiger charge is 2.21. The van der Waals surface area contributed by atoms with Crippen molar-refractivity contribution in [1.29, 1.82) is 0 Å². The van der Waals surface area contributed by atoms with Gasteiger partial charge in [0.05, 0.1) is 16.6 Å². The van der Waals surface area contributed by atoms with Gasteiger partial charge in [0.2, 0.25) is 0 Å². The van der Waals surface area contributed by atoms with E-state index >= 15 is 0 Å². The van der Waals surface area contributed by atoms with E-state index in [9.17, 15) is 0 Å². The van der Waals surface area contributed by atoms with Gasteiger partial charge in [0.1, 0.15) is 5.65 Å². The Morgan fingerprint density at radius 2 is 0.796 bits per heavy atom. The van der Waals surface area contributed by atoms with E-state index in [1.807, 2.05) is 0 Å². The van der Waals surface area contributed by atoms with Crippen LogP contribution in [0.3, 0.4) is 0 Å². The molecule has 0 bridgehead atoms. The molecule has 0 aliphatic rings. The third-order valence-electron chi connectivity index (χ3n) is 9.20. The van der Waals surface area contributed by atoms with E-state index in [-0.39, 0.29) is 0 Å². The van der Waals surface area contributed by atoms with E-state index in [1.165, 1.54) is 16.7 Å². The molecule has 7 aromatic carbocycles. The highest BCUT2D eigenvalue weighted by atomic mass is 15.1. The molecule has 0 aliphatic carbocycles. The molecular weight excluding hydrogens is 595 g/mol. The first-order valence-electron chi connectivity index (χ1n) is 16.6. The zero-order valence-corrected chi connectivity index (χ0v) is 26.7. The first-order chi connectivity index (χ1) is 24.3. The van der Waals surface area contributed by atoms with Gasteiger partial charge in [0, 0.05) is 22.2 Å². The lowest BCUT2D eigenvalue weighted by atomic mass is 9.97. The molecule has 49 heavy (non-hydrogen) atoms. The highest BCUT2D eigenvalue weighted by molar-refractivity contribution is 6.14. The van der Waals surface area contributed by atoms with Crippen LogP contribution in [0, 0.1) is 0 Å². The lowest BCUT2D eigenvalue weighted by molar-refractivity contribution is 1.11. The van der Waals surface area contributed by atoms with Crippen molar-refractivity contribution in [2.45, 2.75) is 0 Å². The fourth-order valence-corrected chi connectivity index (χ4v) is 6.85. The maximum Gasteiger partial charge on any atom is 0.162 e. The van der Waals surface area contributed by atoms with Crippen molar-refractivity contribution in [2.75, 3.05) is 0 Å². The van der Waals surface area contributed by atoms with Gasteiger partial charge < -0.3 is 0 Å². The van der Waals surface area contributed by atoms with E-state index < -0.39 is 0 Å². The molecule has 3 heteroatoms. The van der Waals surface area contributed by atoms with Gasteiger partial charge in [-0.15, -0.1) is 0 Å². The molecule has 0 saturated carbocycles. The molecule has 0 radical (unpaired) electrons. The normalized spacial score (nSPS) is 11.3. The van der Waals surface area contributed by atoms with Crippen molar-refractivity contribution in [1.82, 2.24) is 14.5 Å². The first kappa shape index (κ1) is 28.6. The minimum absolute atomic E-state index is 0.689. The average Bonchev–Trinajstić information content (AvgIpc) is 3.53. The van der Waals surface area contributed by atoms with Crippen LogP contribution in [0.25, 0.3) is 83.6 Å². The summed E-state index contributed by atoms with van der Waals surface area (Å²) in [7, 11) is 0. The number of benzene rings is 7. The summed E-state index contributed by atoms with van der Waals surface area (Å²) in [6, 6.07) is 66.1. The van der Waals surface area contributed by atoms with E-state index in [0.717, 1.165) is 61.1 Å². The number of hydrogen-bond donors (Lipinski definition) is 0. The van der Waals surface area contributed by atoms with Gasteiger partial charge in [0.25, 0.3) is 0 Å². The van der Waals surface area contributed by atoms with Gasteiger partial charge in [-0.1, -0.05) is 152 Å². The van der Waals surface area contributed by atoms with Crippen LogP contribution in [-0.4, -0.2) is 14.5 Å². The Labute approximate surface area is 285 Å². The van der Waals surface area contributed by atoms with Crippen molar-refractivity contribution < 1.29 is 0 Å². The number of nitrogens with zero attached hydrogens (tertiary/aromatic N) is 3. The lowest BCUT2D eigenvalue weighted by Crippen LogP contribution is -1.99. The summed E-state index contributed by atoms with van der Waals surface area (Å²) >= 11 is 0. The molecule has 0 aliphatic heterocycles. The molecular formula is C46H31N3. The molecule has 2 heterocycles. The second kappa shape index (κ2) is 12.2. The van der Waals surface area contributed by atoms with Gasteiger partial charge in [-0.25, -0.2) is 9.97 Å². The lowest BCUT2D eigenvalue weighted by Gasteiger charge is -2.12. The van der Waals surface area contributed by atoms with Crippen molar-refractivity contribution in [3.8, 4) is 61.7 Å². The summed E-state index contributed by atoms with van der Waals surface area (Å²) in [5.41, 5.74) is 13.0. The molecule has 230 valence electrons. The summed E-state index contributed by atoms with van der Waals surface area (Å²) in [6.07, 6.45) is 0. The van der Waals surface area contributed by atoms with Crippen LogP contribution in [0.2, 0.25) is 0 Å². The first-order valence-corrected chi connectivity index (χ1v) is 16.6. The van der Waals surface area contributed by atoms with E-state index in [4.69, 9.17) is 9.97 Å². The Bertz CT molecular complexity index is 2590. The predicted molar refractivity (Wildman–Crippen MR) is 204 cm³/mol. The van der Waals surface area contributed by atoms with Crippen LogP contribution < -0.4 is 0 Å². The molecule has 0 atom stereocenters. The summed E-state index contributed by atoms with van der Waals surface area (Å²) in [5.74, 6) is 0.689. The average molecular weight is 626 g/mol. The molecule has 0 fully saturated rings. The van der Waals surface area contributed by atoms with Gasteiger partial charge in [-0.3, -0.25) is 4.57 Å². The minimum Gasteiger partial charge on any atom is -0.294 e. The quantitative estimate of drug-likeness (QED) is 0.184. The second-order valence-corrected chi connectivity index (χ2v) is 12.3. The molecule has 0 spiro atoms. The standard InChI is InChI=1S/C46H31N3/c1-4-15-32(16-5-1)34-19-12-21-36(29-34)37-22-14-24-39(31-37)45-47-44(38-23-13-20-35(30-38)33-17-6-2-7-18-33)43-41-27-10-11-28-42(41)49(46(43)48-45)40-25-8-3-9-26-40/h1-31H. The van der Waals surface area contributed by atoms with Crippen molar-refractivity contribution in [3.05, 3.63) is 188 Å². The Balaban J connectivity index is 1.28. The Hall–Kier alpha value is -6.58. The molecule has 3 nitrogen and oxygen atoms in total. The highest BCUT2D eigenvalue weighted by Crippen LogP contribution is 2.39. The Kier molecular flexibility index (Phi) is 7.14. The Morgan fingerprint density at radius 1 is 0.347 bits per heavy atom. The van der Waals surface area contributed by atoms with Gasteiger partial charge in [0.15, 0.2) is 5.82 Å². The number of aromatic nitrogens is 3. The van der Waals surface area contributed by atoms with Crippen molar-refractivity contribution in [3.63, 3.8) is 0 Å². The van der Waals surface area contributed by atoms with E-state index in [2.05, 4.69) is 193 Å². The van der Waals surface area contributed by atoms with Crippen LogP contribution in [0.15, 0.2) is 188 Å². The minimum atomic E-state index is 0.689. The third kappa shape index (κ3) is 5.28. The van der Waals surface area contributed by atoms with E-state index in [1.54, 1.807) is 0 Å². The Morgan fingerprint density at radius 3 is 1.43 bits per heavy atom. The van der Waals surface area contributed by atoms with Crippen LogP contribution >= 0.6 is 0 Å². The summed E-state index contributed by atoms with van der Waals surface area (Å²) in [6.45, 7) is 0. The van der Waals surface area contributed by atoms with Crippen LogP contribution in [-0.2, 0) is 0 Å². The van der Waals surface area contributed by atoms with Gasteiger partial charge in [-0.2, -0.15) is 0 Å². The van der Waals surface area contributed by atoms with Crippen LogP contribution in [0.1, 0.15) is 0 Å². The van der Waals surface area contributed by atoms with Crippen molar-refractivity contribution >= 4 is 21.9 Å².